The molecule has 0 unspecified atom stereocenters. The number of carbonyl (C=O) groups is 1. The predicted molar refractivity (Wildman–Crippen MR) is 82.1 cm³/mol. The first-order chi connectivity index (χ1) is 9.49. The SMILES string of the molecule is C/C(=C(/Br)C(=O)O)c1cnc(Cl)nc1NC1CCCC1. The molecule has 1 aliphatic rings. The summed E-state index contributed by atoms with van der Waals surface area (Å²) in [4.78, 5) is 19.2. The lowest BCUT2D eigenvalue weighted by atomic mass is 10.1. The monoisotopic (exact) mass is 359 g/mol. The number of hydrogen-bond acceptors (Lipinski definition) is 4. The van der Waals surface area contributed by atoms with Crippen molar-refractivity contribution in [3.8, 4) is 0 Å². The second kappa shape index (κ2) is 6.54. The number of rotatable bonds is 4. The Kier molecular flexibility index (Phi) is 4.99. The van der Waals surface area contributed by atoms with Crippen LogP contribution in [-0.2, 0) is 4.79 Å². The first-order valence-electron chi connectivity index (χ1n) is 6.38. The van der Waals surface area contributed by atoms with Gasteiger partial charge >= 0.3 is 5.97 Å². The van der Waals surface area contributed by atoms with Crippen molar-refractivity contribution < 1.29 is 9.90 Å². The zero-order chi connectivity index (χ0) is 14.7. The van der Waals surface area contributed by atoms with Crippen LogP contribution in [0.3, 0.4) is 0 Å². The van der Waals surface area contributed by atoms with E-state index < -0.39 is 5.97 Å². The quantitative estimate of drug-likeness (QED) is 0.632. The Bertz CT molecular complexity index is 557. The van der Waals surface area contributed by atoms with E-state index in [1.54, 1.807) is 13.1 Å². The largest absolute Gasteiger partial charge is 0.477 e. The zero-order valence-corrected chi connectivity index (χ0v) is 13.3. The fraction of sp³-hybridized carbons (Fsp3) is 0.462. The van der Waals surface area contributed by atoms with Gasteiger partial charge in [0.1, 0.15) is 10.3 Å². The van der Waals surface area contributed by atoms with Crippen LogP contribution in [0.2, 0.25) is 5.28 Å². The Balaban J connectivity index is 2.37. The summed E-state index contributed by atoms with van der Waals surface area (Å²) < 4.78 is 0.0953. The fourth-order valence-corrected chi connectivity index (χ4v) is 2.63. The van der Waals surface area contributed by atoms with Gasteiger partial charge < -0.3 is 10.4 Å². The summed E-state index contributed by atoms with van der Waals surface area (Å²) in [6.45, 7) is 1.71. The van der Waals surface area contributed by atoms with Crippen molar-refractivity contribution in [2.24, 2.45) is 0 Å². The number of carboxylic acid groups (broad SMARTS) is 1. The lowest BCUT2D eigenvalue weighted by molar-refractivity contribution is -0.131. The third kappa shape index (κ3) is 3.49. The van der Waals surface area contributed by atoms with Crippen LogP contribution in [0.25, 0.3) is 5.57 Å². The van der Waals surface area contributed by atoms with Crippen LogP contribution in [0.15, 0.2) is 10.7 Å². The van der Waals surface area contributed by atoms with E-state index in [9.17, 15) is 4.79 Å². The number of aliphatic carboxylic acids is 1. The van der Waals surface area contributed by atoms with Crippen LogP contribution in [0.5, 0.6) is 0 Å². The molecule has 1 saturated carbocycles. The van der Waals surface area contributed by atoms with Crippen molar-refractivity contribution >= 4 is 44.9 Å². The third-order valence-electron chi connectivity index (χ3n) is 3.38. The molecule has 0 amide bonds. The second-order valence-corrected chi connectivity index (χ2v) is 5.90. The highest BCUT2D eigenvalue weighted by Crippen LogP contribution is 2.30. The Morgan fingerprint density at radius 2 is 2.15 bits per heavy atom. The van der Waals surface area contributed by atoms with Gasteiger partial charge in [0.15, 0.2) is 0 Å². The van der Waals surface area contributed by atoms with E-state index in [1.165, 1.54) is 12.8 Å². The number of halogens is 2. The minimum absolute atomic E-state index is 0.0953. The predicted octanol–water partition coefficient (Wildman–Crippen LogP) is 3.70. The third-order valence-corrected chi connectivity index (χ3v) is 4.49. The summed E-state index contributed by atoms with van der Waals surface area (Å²) in [5.41, 5.74) is 1.21. The first kappa shape index (κ1) is 15.3. The highest BCUT2D eigenvalue weighted by atomic mass is 79.9. The maximum Gasteiger partial charge on any atom is 0.343 e. The Hall–Kier alpha value is -1.14. The topological polar surface area (TPSA) is 75.1 Å². The number of anilines is 1. The van der Waals surface area contributed by atoms with Gasteiger partial charge in [0.25, 0.3) is 0 Å². The van der Waals surface area contributed by atoms with Crippen molar-refractivity contribution in [1.29, 1.82) is 0 Å². The van der Waals surface area contributed by atoms with Gasteiger partial charge in [0, 0.05) is 17.8 Å². The highest BCUT2D eigenvalue weighted by Gasteiger charge is 2.19. The van der Waals surface area contributed by atoms with Crippen LogP contribution in [0.4, 0.5) is 5.82 Å². The van der Waals surface area contributed by atoms with Crippen molar-refractivity contribution in [3.05, 3.63) is 21.5 Å². The summed E-state index contributed by atoms with van der Waals surface area (Å²) in [6, 6.07) is 0.358. The number of nitrogens with one attached hydrogen (secondary N) is 1. The van der Waals surface area contributed by atoms with E-state index in [0.29, 0.717) is 23.0 Å². The van der Waals surface area contributed by atoms with Crippen LogP contribution in [0.1, 0.15) is 38.2 Å². The van der Waals surface area contributed by atoms with Gasteiger partial charge in [0.2, 0.25) is 5.28 Å². The number of carboxylic acids is 1. The lowest BCUT2D eigenvalue weighted by Crippen LogP contribution is -2.17. The van der Waals surface area contributed by atoms with Crippen molar-refractivity contribution in [2.75, 3.05) is 5.32 Å². The number of aromatic nitrogens is 2. The smallest absolute Gasteiger partial charge is 0.343 e. The van der Waals surface area contributed by atoms with E-state index in [4.69, 9.17) is 16.7 Å². The minimum Gasteiger partial charge on any atom is -0.477 e. The van der Waals surface area contributed by atoms with Crippen LogP contribution in [-0.4, -0.2) is 27.1 Å². The molecule has 108 valence electrons. The van der Waals surface area contributed by atoms with Crippen molar-refractivity contribution in [1.82, 2.24) is 9.97 Å². The van der Waals surface area contributed by atoms with Gasteiger partial charge in [-0.25, -0.2) is 14.8 Å². The van der Waals surface area contributed by atoms with Gasteiger partial charge in [-0.1, -0.05) is 12.8 Å². The van der Waals surface area contributed by atoms with E-state index in [1.807, 2.05) is 0 Å². The van der Waals surface area contributed by atoms with Crippen LogP contribution in [0, 0.1) is 0 Å². The van der Waals surface area contributed by atoms with E-state index >= 15 is 0 Å². The molecule has 1 fully saturated rings. The average molecular weight is 361 g/mol. The first-order valence-corrected chi connectivity index (χ1v) is 7.55. The van der Waals surface area contributed by atoms with Gasteiger partial charge in [0.05, 0.1) is 0 Å². The molecular formula is C13H15BrClN3O2. The van der Waals surface area contributed by atoms with Gasteiger partial charge in [-0.05, 0) is 52.9 Å². The molecule has 20 heavy (non-hydrogen) atoms. The van der Waals surface area contributed by atoms with Crippen LogP contribution >= 0.6 is 27.5 Å². The van der Waals surface area contributed by atoms with Gasteiger partial charge in [-0.2, -0.15) is 0 Å². The maximum atomic E-state index is 11.0. The summed E-state index contributed by atoms with van der Waals surface area (Å²) in [5.74, 6) is -0.433. The fourth-order valence-electron chi connectivity index (χ4n) is 2.29. The second-order valence-electron chi connectivity index (χ2n) is 4.77. The number of allylic oxidation sites excluding steroid dienone is 1. The minimum atomic E-state index is -1.02. The normalized spacial score (nSPS) is 16.9. The number of hydrogen-bond donors (Lipinski definition) is 2. The van der Waals surface area contributed by atoms with E-state index in [2.05, 4.69) is 31.2 Å². The summed E-state index contributed by atoms with van der Waals surface area (Å²) >= 11 is 8.92. The maximum absolute atomic E-state index is 11.0. The molecule has 0 spiro atoms. The van der Waals surface area contributed by atoms with Gasteiger partial charge in [-0.3, -0.25) is 0 Å². The molecule has 1 heterocycles. The lowest BCUT2D eigenvalue weighted by Gasteiger charge is -2.16. The van der Waals surface area contributed by atoms with Crippen LogP contribution < -0.4 is 5.32 Å². The molecule has 0 bridgehead atoms. The Morgan fingerprint density at radius 1 is 1.50 bits per heavy atom. The molecular weight excluding hydrogens is 346 g/mol. The summed E-state index contributed by atoms with van der Waals surface area (Å²) in [5, 5.41) is 12.5. The Labute approximate surface area is 130 Å². The molecule has 1 aromatic rings. The summed E-state index contributed by atoms with van der Waals surface area (Å²) in [6.07, 6.45) is 6.11. The molecule has 0 aromatic carbocycles. The highest BCUT2D eigenvalue weighted by molar-refractivity contribution is 9.12. The standard InChI is InChI=1S/C13H15BrClN3O2/c1-7(10(14)12(19)20)9-6-16-13(15)18-11(9)17-8-4-2-3-5-8/h6,8H,2-5H2,1H3,(H,19,20)(H,16,17,18)/b10-7-. The molecule has 2 rings (SSSR count). The molecule has 1 aliphatic carbocycles. The van der Waals surface area contributed by atoms with Crippen molar-refractivity contribution in [2.45, 2.75) is 38.6 Å². The molecule has 0 atom stereocenters. The zero-order valence-electron chi connectivity index (χ0n) is 11.0. The number of nitrogens with zero attached hydrogens (tertiary/aromatic N) is 2. The molecule has 5 nitrogen and oxygen atoms in total. The molecule has 0 saturated heterocycles. The molecule has 2 N–H and O–H groups in total. The van der Waals surface area contributed by atoms with E-state index in [-0.39, 0.29) is 9.77 Å². The molecule has 0 radical (unpaired) electrons. The Morgan fingerprint density at radius 3 is 2.75 bits per heavy atom. The molecule has 1 aromatic heterocycles. The summed E-state index contributed by atoms with van der Waals surface area (Å²) in [7, 11) is 0. The van der Waals surface area contributed by atoms with Gasteiger partial charge in [-0.15, -0.1) is 0 Å². The molecule has 7 heteroatoms. The van der Waals surface area contributed by atoms with Crippen molar-refractivity contribution in [3.63, 3.8) is 0 Å². The average Bonchev–Trinajstić information content (AvgIpc) is 2.90. The van der Waals surface area contributed by atoms with E-state index in [0.717, 1.165) is 12.8 Å². The molecule has 0 aliphatic heterocycles.